The first-order valence-corrected chi connectivity index (χ1v) is 11.6. The van der Waals surface area contributed by atoms with Crippen LogP contribution in [-0.4, -0.2) is 20.0 Å². The van der Waals surface area contributed by atoms with Crippen molar-refractivity contribution in [3.63, 3.8) is 0 Å². The van der Waals surface area contributed by atoms with Crippen molar-refractivity contribution in [3.8, 4) is 11.5 Å². The van der Waals surface area contributed by atoms with E-state index in [0.717, 1.165) is 34.8 Å². The number of allylic oxidation sites excluding steroid dienone is 1. The highest BCUT2D eigenvalue weighted by Crippen LogP contribution is 2.46. The lowest BCUT2D eigenvalue weighted by molar-refractivity contribution is -0.137. The average molecular weight is 495 g/mol. The number of ether oxygens (including phenoxy) is 2. The summed E-state index contributed by atoms with van der Waals surface area (Å²) in [7, 11) is 3.17. The second kappa shape index (κ2) is 9.26. The second-order valence-corrected chi connectivity index (χ2v) is 8.90. The highest BCUT2D eigenvalue weighted by atomic mass is 19.4. The number of halogens is 3. The van der Waals surface area contributed by atoms with E-state index in [2.05, 4.69) is 10.6 Å². The maximum absolute atomic E-state index is 13.7. The van der Waals surface area contributed by atoms with E-state index in [1.807, 2.05) is 42.5 Å². The minimum absolute atomic E-state index is 0.0798. The van der Waals surface area contributed by atoms with Crippen molar-refractivity contribution >= 4 is 17.2 Å². The topological polar surface area (TPSA) is 59.6 Å². The molecule has 0 spiro atoms. The van der Waals surface area contributed by atoms with Gasteiger partial charge in [0.1, 0.15) is 11.5 Å². The number of nitrogens with one attached hydrogen (secondary N) is 2. The van der Waals surface area contributed by atoms with Crippen LogP contribution < -0.4 is 20.1 Å². The molecule has 2 aliphatic rings. The summed E-state index contributed by atoms with van der Waals surface area (Å²) in [6.07, 6.45) is -3.67. The SMILES string of the molecule is COc1ccc(OC)c(C2CC(=O)C3=C(C2)Nc2ccccc2NC3c2ccc(C(F)(F)F)cc2)c1. The number of benzene rings is 3. The zero-order valence-electron chi connectivity index (χ0n) is 19.8. The third kappa shape index (κ3) is 4.39. The van der Waals surface area contributed by atoms with Crippen LogP contribution in [0.25, 0.3) is 0 Å². The molecule has 5 nitrogen and oxygen atoms in total. The standard InChI is InChI=1S/C28H25F3N2O3/c1-35-19-11-12-25(36-2)20(15-19)17-13-23-26(24(34)14-17)27(33-22-6-4-3-5-21(22)32-23)16-7-9-18(10-8-16)28(29,30)31/h3-12,15,17,27,32-33H,13-14H2,1-2H3. The first-order valence-electron chi connectivity index (χ1n) is 11.6. The highest BCUT2D eigenvalue weighted by Gasteiger charge is 2.37. The van der Waals surface area contributed by atoms with E-state index in [9.17, 15) is 18.0 Å². The largest absolute Gasteiger partial charge is 0.497 e. The number of anilines is 2. The number of fused-ring (bicyclic) bond motifs is 1. The van der Waals surface area contributed by atoms with Gasteiger partial charge in [-0.25, -0.2) is 0 Å². The summed E-state index contributed by atoms with van der Waals surface area (Å²) in [6, 6.07) is 17.4. The first kappa shape index (κ1) is 23.8. The van der Waals surface area contributed by atoms with E-state index in [1.54, 1.807) is 14.2 Å². The molecular weight excluding hydrogens is 469 g/mol. The lowest BCUT2D eigenvalue weighted by Gasteiger charge is -2.30. The lowest BCUT2D eigenvalue weighted by atomic mass is 9.78. The molecule has 1 heterocycles. The Kier molecular flexibility index (Phi) is 6.12. The van der Waals surface area contributed by atoms with Crippen molar-refractivity contribution in [2.75, 3.05) is 24.9 Å². The number of carbonyl (C=O) groups is 1. The van der Waals surface area contributed by atoms with Crippen molar-refractivity contribution in [2.24, 2.45) is 0 Å². The maximum atomic E-state index is 13.7. The summed E-state index contributed by atoms with van der Waals surface area (Å²) in [5, 5.41) is 6.83. The van der Waals surface area contributed by atoms with E-state index in [1.165, 1.54) is 12.1 Å². The van der Waals surface area contributed by atoms with Crippen LogP contribution in [-0.2, 0) is 11.0 Å². The molecule has 0 fully saturated rings. The lowest BCUT2D eigenvalue weighted by Crippen LogP contribution is -2.27. The minimum atomic E-state index is -4.43. The fraction of sp³-hybridized carbons (Fsp3) is 0.250. The van der Waals surface area contributed by atoms with Gasteiger partial charge < -0.3 is 20.1 Å². The van der Waals surface area contributed by atoms with Gasteiger partial charge in [0.25, 0.3) is 0 Å². The summed E-state index contributed by atoms with van der Waals surface area (Å²) in [5.74, 6) is 1.10. The molecule has 2 N–H and O–H groups in total. The summed E-state index contributed by atoms with van der Waals surface area (Å²) < 4.78 is 50.5. The van der Waals surface area contributed by atoms with Gasteiger partial charge in [0.15, 0.2) is 5.78 Å². The Morgan fingerprint density at radius 2 is 1.61 bits per heavy atom. The highest BCUT2D eigenvalue weighted by molar-refractivity contribution is 6.01. The molecule has 186 valence electrons. The average Bonchev–Trinajstić information content (AvgIpc) is 3.04. The number of Topliss-reactive ketones (excluding diaryl/α,β-unsaturated/α-hetero) is 1. The summed E-state index contributed by atoms with van der Waals surface area (Å²) in [6.45, 7) is 0. The van der Waals surface area contributed by atoms with Gasteiger partial charge in [-0.15, -0.1) is 0 Å². The fourth-order valence-corrected chi connectivity index (χ4v) is 4.99. The number of para-hydroxylation sites is 2. The molecule has 5 rings (SSSR count). The summed E-state index contributed by atoms with van der Waals surface area (Å²) in [5.41, 5.74) is 3.56. The summed E-state index contributed by atoms with van der Waals surface area (Å²) in [4.78, 5) is 13.7. The molecule has 1 aliphatic carbocycles. The smallest absolute Gasteiger partial charge is 0.416 e. The molecule has 0 aromatic heterocycles. The van der Waals surface area contributed by atoms with Gasteiger partial charge in [-0.1, -0.05) is 24.3 Å². The predicted octanol–water partition coefficient (Wildman–Crippen LogP) is 6.70. The summed E-state index contributed by atoms with van der Waals surface area (Å²) >= 11 is 0. The molecule has 0 saturated heterocycles. The molecule has 8 heteroatoms. The monoisotopic (exact) mass is 494 g/mol. The van der Waals surface area contributed by atoms with Crippen LogP contribution in [0.5, 0.6) is 11.5 Å². The minimum Gasteiger partial charge on any atom is -0.497 e. The third-order valence-corrected chi connectivity index (χ3v) is 6.76. The first-order chi connectivity index (χ1) is 17.3. The van der Waals surface area contributed by atoms with E-state index in [4.69, 9.17) is 9.47 Å². The molecule has 2 unspecified atom stereocenters. The molecule has 36 heavy (non-hydrogen) atoms. The van der Waals surface area contributed by atoms with Crippen molar-refractivity contribution < 1.29 is 27.4 Å². The van der Waals surface area contributed by atoms with Crippen LogP contribution >= 0.6 is 0 Å². The molecular formula is C28H25F3N2O3. The van der Waals surface area contributed by atoms with Crippen LogP contribution in [0, 0.1) is 0 Å². The maximum Gasteiger partial charge on any atom is 0.416 e. The Labute approximate surface area is 206 Å². The number of rotatable bonds is 4. The third-order valence-electron chi connectivity index (χ3n) is 6.76. The molecule has 1 aliphatic heterocycles. The van der Waals surface area contributed by atoms with Gasteiger partial charge in [-0.3, -0.25) is 4.79 Å². The number of ketones is 1. The van der Waals surface area contributed by atoms with Crippen LogP contribution in [0.2, 0.25) is 0 Å². The Morgan fingerprint density at radius 3 is 2.28 bits per heavy atom. The van der Waals surface area contributed by atoms with Crippen molar-refractivity contribution in [1.29, 1.82) is 0 Å². The Morgan fingerprint density at radius 1 is 0.889 bits per heavy atom. The predicted molar refractivity (Wildman–Crippen MR) is 131 cm³/mol. The van der Waals surface area contributed by atoms with Crippen LogP contribution in [0.15, 0.2) is 78.0 Å². The zero-order valence-corrected chi connectivity index (χ0v) is 19.8. The quantitative estimate of drug-likeness (QED) is 0.423. The molecule has 3 aromatic carbocycles. The van der Waals surface area contributed by atoms with Gasteiger partial charge in [-0.05, 0) is 54.4 Å². The van der Waals surface area contributed by atoms with Crippen LogP contribution in [0.1, 0.15) is 41.5 Å². The Bertz CT molecular complexity index is 1330. The van der Waals surface area contributed by atoms with Gasteiger partial charge in [-0.2, -0.15) is 13.2 Å². The van der Waals surface area contributed by atoms with E-state index in [0.29, 0.717) is 29.1 Å². The number of hydrogen-bond acceptors (Lipinski definition) is 5. The van der Waals surface area contributed by atoms with Gasteiger partial charge in [0.2, 0.25) is 0 Å². The number of hydrogen-bond donors (Lipinski definition) is 2. The molecule has 0 radical (unpaired) electrons. The second-order valence-electron chi connectivity index (χ2n) is 8.90. The van der Waals surface area contributed by atoms with Crippen LogP contribution in [0.3, 0.4) is 0 Å². The molecule has 2 atom stereocenters. The fourth-order valence-electron chi connectivity index (χ4n) is 4.99. The van der Waals surface area contributed by atoms with Crippen molar-refractivity contribution in [3.05, 3.63) is 94.7 Å². The molecule has 0 amide bonds. The normalized spacial score (nSPS) is 19.4. The molecule has 0 saturated carbocycles. The molecule has 3 aromatic rings. The van der Waals surface area contributed by atoms with Gasteiger partial charge in [0, 0.05) is 29.2 Å². The van der Waals surface area contributed by atoms with E-state index < -0.39 is 17.8 Å². The number of alkyl halides is 3. The van der Waals surface area contributed by atoms with E-state index >= 15 is 0 Å². The van der Waals surface area contributed by atoms with Gasteiger partial charge in [0.05, 0.1) is 37.2 Å². The van der Waals surface area contributed by atoms with Gasteiger partial charge >= 0.3 is 6.18 Å². The van der Waals surface area contributed by atoms with Crippen molar-refractivity contribution in [1.82, 2.24) is 0 Å². The Balaban J connectivity index is 1.59. The zero-order chi connectivity index (χ0) is 25.4. The van der Waals surface area contributed by atoms with E-state index in [-0.39, 0.29) is 18.1 Å². The molecule has 0 bridgehead atoms. The Hall–Kier alpha value is -3.94. The number of methoxy groups -OCH3 is 2. The van der Waals surface area contributed by atoms with Crippen molar-refractivity contribution in [2.45, 2.75) is 31.0 Å². The van der Waals surface area contributed by atoms with Crippen LogP contribution in [0.4, 0.5) is 24.5 Å². The number of carbonyl (C=O) groups excluding carboxylic acids is 1.